The van der Waals surface area contributed by atoms with Gasteiger partial charge in [0.05, 0.1) is 36.9 Å². The van der Waals surface area contributed by atoms with Crippen LogP contribution < -0.4 is 19.3 Å². The van der Waals surface area contributed by atoms with E-state index in [2.05, 4.69) is 20.4 Å². The minimum Gasteiger partial charge on any atom is -0.496 e. The molecule has 4 heterocycles. The molecule has 1 aliphatic carbocycles. The molecule has 2 aliphatic heterocycles. The molecule has 1 saturated carbocycles. The van der Waals surface area contributed by atoms with Gasteiger partial charge >= 0.3 is 5.97 Å². The number of ether oxygens (including phenoxy) is 3. The number of benzene rings is 2. The summed E-state index contributed by atoms with van der Waals surface area (Å²) in [6, 6.07) is 19.4. The fourth-order valence-corrected chi connectivity index (χ4v) is 7.07. The molecule has 0 unspecified atom stereocenters. The number of nitriles is 1. The number of fused-ring (bicyclic) bond motifs is 1. The van der Waals surface area contributed by atoms with Crippen molar-refractivity contribution in [1.29, 1.82) is 5.26 Å². The maximum Gasteiger partial charge on any atom is 0.337 e. The van der Waals surface area contributed by atoms with Crippen molar-refractivity contribution in [1.82, 2.24) is 14.5 Å². The summed E-state index contributed by atoms with van der Waals surface area (Å²) < 4.78 is 18.7. The summed E-state index contributed by atoms with van der Waals surface area (Å²) in [6.45, 7) is 4.75. The number of carbonyl (C=O) groups is 1. The highest BCUT2D eigenvalue weighted by molar-refractivity contribution is 6.30. The van der Waals surface area contributed by atoms with Crippen LogP contribution in [-0.2, 0) is 17.9 Å². The number of rotatable bonds is 10. The molecule has 3 fully saturated rings. The second-order valence-corrected chi connectivity index (χ2v) is 13.4. The van der Waals surface area contributed by atoms with Crippen LogP contribution in [0.15, 0.2) is 54.6 Å². The molecule has 11 heteroatoms. The number of hydrogen-bond donors (Lipinski definition) is 0. The van der Waals surface area contributed by atoms with Crippen molar-refractivity contribution in [3.05, 3.63) is 70.7 Å². The van der Waals surface area contributed by atoms with Gasteiger partial charge in [-0.15, -0.1) is 0 Å². The zero-order chi connectivity index (χ0) is 31.9. The van der Waals surface area contributed by atoms with Crippen molar-refractivity contribution in [2.24, 2.45) is 10.8 Å². The van der Waals surface area contributed by atoms with Gasteiger partial charge in [0.2, 0.25) is 11.8 Å². The van der Waals surface area contributed by atoms with Gasteiger partial charge in [0, 0.05) is 66.6 Å². The van der Waals surface area contributed by atoms with Gasteiger partial charge in [0.1, 0.15) is 18.2 Å². The van der Waals surface area contributed by atoms with Crippen LogP contribution in [0.2, 0.25) is 5.02 Å². The maximum absolute atomic E-state index is 12.3. The van der Waals surface area contributed by atoms with Gasteiger partial charge in [0.15, 0.2) is 0 Å². The second kappa shape index (κ2) is 12.0. The van der Waals surface area contributed by atoms with Crippen molar-refractivity contribution in [3.63, 3.8) is 0 Å². The molecule has 4 aromatic rings. The topological polar surface area (TPSA) is 106 Å². The van der Waals surface area contributed by atoms with E-state index in [-0.39, 0.29) is 16.8 Å². The first kappa shape index (κ1) is 30.2. The predicted molar refractivity (Wildman–Crippen MR) is 176 cm³/mol. The number of piperidine rings is 1. The highest BCUT2D eigenvalue weighted by atomic mass is 35.5. The first-order valence-corrected chi connectivity index (χ1v) is 16.1. The Hall–Kier alpha value is -4.49. The Bertz CT molecular complexity index is 1810. The van der Waals surface area contributed by atoms with Gasteiger partial charge in [-0.1, -0.05) is 23.7 Å². The van der Waals surface area contributed by atoms with Crippen LogP contribution in [0.4, 0.5) is 11.8 Å². The van der Waals surface area contributed by atoms with Crippen LogP contribution in [0.3, 0.4) is 0 Å². The quantitative estimate of drug-likeness (QED) is 0.186. The summed E-state index contributed by atoms with van der Waals surface area (Å²) >= 11 is 6.10. The lowest BCUT2D eigenvalue weighted by atomic mass is 9.72. The molecule has 0 bridgehead atoms. The number of methoxy groups -OCH3 is 2. The molecule has 2 aromatic heterocycles. The number of esters is 1. The van der Waals surface area contributed by atoms with E-state index < -0.39 is 0 Å². The Morgan fingerprint density at radius 3 is 2.52 bits per heavy atom. The highest BCUT2D eigenvalue weighted by Crippen LogP contribution is 2.52. The lowest BCUT2D eigenvalue weighted by Crippen LogP contribution is -2.61. The van der Waals surface area contributed by atoms with Crippen LogP contribution in [-0.4, -0.2) is 60.9 Å². The normalized spacial score (nSPS) is 17.8. The Morgan fingerprint density at radius 2 is 1.80 bits per heavy atom. The summed E-state index contributed by atoms with van der Waals surface area (Å²) in [7, 11) is 3.02. The van der Waals surface area contributed by atoms with E-state index >= 15 is 0 Å². The average Bonchev–Trinajstić information content (AvgIpc) is 3.74. The lowest BCUT2D eigenvalue weighted by Gasteiger charge is -2.54. The van der Waals surface area contributed by atoms with Gasteiger partial charge in [-0.25, -0.2) is 9.78 Å². The van der Waals surface area contributed by atoms with Crippen molar-refractivity contribution in [3.8, 4) is 17.7 Å². The van der Waals surface area contributed by atoms with Crippen LogP contribution in [0.5, 0.6) is 11.6 Å². The first-order chi connectivity index (χ1) is 22.3. The molecule has 7 rings (SSSR count). The average molecular weight is 641 g/mol. The number of imidazole rings is 1. The van der Waals surface area contributed by atoms with Gasteiger partial charge in [-0.3, -0.25) is 0 Å². The fraction of sp³-hybridized carbons (Fsp3) is 0.429. The van der Waals surface area contributed by atoms with E-state index in [1.807, 2.05) is 42.5 Å². The fourth-order valence-electron chi connectivity index (χ4n) is 6.90. The molecule has 2 aromatic carbocycles. The zero-order valence-corrected chi connectivity index (χ0v) is 26.9. The molecule has 3 aliphatic rings. The molecule has 0 atom stereocenters. The number of hydrogen-bond acceptors (Lipinski definition) is 9. The summed E-state index contributed by atoms with van der Waals surface area (Å²) in [5.74, 6) is 2.75. The second-order valence-electron chi connectivity index (χ2n) is 12.9. The third-order valence-electron chi connectivity index (χ3n) is 9.87. The third kappa shape index (κ3) is 5.80. The van der Waals surface area contributed by atoms with Crippen molar-refractivity contribution in [2.45, 2.75) is 45.3 Å². The number of aromatic nitrogens is 3. The Morgan fingerprint density at radius 1 is 1.00 bits per heavy atom. The van der Waals surface area contributed by atoms with Gasteiger partial charge in [-0.2, -0.15) is 10.2 Å². The van der Waals surface area contributed by atoms with E-state index in [1.54, 1.807) is 19.2 Å². The molecule has 0 radical (unpaired) electrons. The van der Waals surface area contributed by atoms with Crippen molar-refractivity contribution >= 4 is 40.4 Å². The van der Waals surface area contributed by atoms with Crippen molar-refractivity contribution < 1.29 is 19.0 Å². The molecule has 10 nitrogen and oxygen atoms in total. The van der Waals surface area contributed by atoms with Crippen LogP contribution in [0.1, 0.15) is 48.0 Å². The zero-order valence-electron chi connectivity index (χ0n) is 26.2. The van der Waals surface area contributed by atoms with E-state index in [0.29, 0.717) is 35.2 Å². The predicted octanol–water partition coefficient (Wildman–Crippen LogP) is 6.26. The highest BCUT2D eigenvalue weighted by Gasteiger charge is 2.48. The molecule has 2 saturated heterocycles. The monoisotopic (exact) mass is 640 g/mol. The van der Waals surface area contributed by atoms with Crippen LogP contribution >= 0.6 is 11.6 Å². The number of anilines is 2. The Kier molecular flexibility index (Phi) is 7.89. The molecule has 0 N–H and O–H groups in total. The van der Waals surface area contributed by atoms with Crippen LogP contribution in [0.25, 0.3) is 11.0 Å². The lowest BCUT2D eigenvalue weighted by molar-refractivity contribution is 0.0601. The Balaban J connectivity index is 1.02. The van der Waals surface area contributed by atoms with Crippen molar-refractivity contribution in [2.75, 3.05) is 50.2 Å². The van der Waals surface area contributed by atoms with Gasteiger partial charge in [0.25, 0.3) is 0 Å². The Labute approximate surface area is 273 Å². The summed E-state index contributed by atoms with van der Waals surface area (Å²) in [4.78, 5) is 26.9. The largest absolute Gasteiger partial charge is 0.496 e. The smallest absolute Gasteiger partial charge is 0.337 e. The minimum atomic E-state index is -0.364. The summed E-state index contributed by atoms with van der Waals surface area (Å²) in [5, 5.41) is 10.1. The SMILES string of the molecule is COC(=O)c1ccc2nc(N3CC4(CCN(c5cccc(OCc6ccc(Cl)cc6OC)n5)CC4)C3)n(CC3(CC#N)CC3)c2c1. The number of halogens is 1. The molecule has 46 heavy (non-hydrogen) atoms. The molecule has 238 valence electrons. The van der Waals surface area contributed by atoms with E-state index in [4.69, 9.17) is 35.8 Å². The number of nitrogens with zero attached hydrogens (tertiary/aromatic N) is 6. The molecule has 0 amide bonds. The standard InChI is InChI=1S/C35H37ClN6O4/c1-44-29-19-26(36)8-6-25(29)20-46-31-5-3-4-30(39-31)40-16-13-35(14-17-40)21-41(22-35)33-38-27-9-7-24(32(43)45-2)18-28(27)42(33)23-34(10-11-34)12-15-37/h3-9,18-19H,10-14,16-17,20-23H2,1-2H3. The minimum absolute atomic E-state index is 0.0154. The number of carbonyl (C=O) groups excluding carboxylic acids is 1. The maximum atomic E-state index is 12.3. The molecular formula is C35H37ClN6O4. The first-order valence-electron chi connectivity index (χ1n) is 15.7. The van der Waals surface area contributed by atoms with E-state index in [9.17, 15) is 10.1 Å². The van der Waals surface area contributed by atoms with Gasteiger partial charge in [-0.05, 0) is 62.1 Å². The third-order valence-corrected chi connectivity index (χ3v) is 10.1. The van der Waals surface area contributed by atoms with E-state index in [0.717, 1.165) is 86.8 Å². The molecule has 1 spiro atoms. The van der Waals surface area contributed by atoms with Gasteiger partial charge < -0.3 is 28.6 Å². The summed E-state index contributed by atoms with van der Waals surface area (Å²) in [5.41, 5.74) is 3.39. The van der Waals surface area contributed by atoms with E-state index in [1.165, 1.54) is 7.11 Å². The molecular weight excluding hydrogens is 604 g/mol. The number of pyridine rings is 1. The van der Waals surface area contributed by atoms with Crippen LogP contribution in [0, 0.1) is 22.2 Å². The summed E-state index contributed by atoms with van der Waals surface area (Å²) in [6.07, 6.45) is 4.71.